The van der Waals surface area contributed by atoms with Crippen LogP contribution in [0, 0.1) is 20.2 Å². The number of carbonyl (C=O) groups excluding carboxylic acids is 1. The van der Waals surface area contributed by atoms with Crippen LogP contribution in [0.1, 0.15) is 10.4 Å². The molecule has 0 radical (unpaired) electrons. The predicted octanol–water partition coefficient (Wildman–Crippen LogP) is 3.41. The van der Waals surface area contributed by atoms with Crippen LogP contribution in [0.3, 0.4) is 0 Å². The number of nitro benzene ring substituents is 2. The van der Waals surface area contributed by atoms with Crippen molar-refractivity contribution < 1.29 is 14.6 Å². The van der Waals surface area contributed by atoms with E-state index in [1.807, 2.05) is 0 Å². The third-order valence-electron chi connectivity index (χ3n) is 2.74. The molecular formula is C13H8ClN3O5. The molecule has 0 spiro atoms. The Balaban J connectivity index is 2.25. The lowest BCUT2D eigenvalue weighted by molar-refractivity contribution is -0.384. The molecule has 0 fully saturated rings. The van der Waals surface area contributed by atoms with Gasteiger partial charge in [-0.3, -0.25) is 25.0 Å². The minimum atomic E-state index is -0.669. The highest BCUT2D eigenvalue weighted by atomic mass is 35.5. The van der Waals surface area contributed by atoms with Crippen LogP contribution in [-0.2, 0) is 0 Å². The highest BCUT2D eigenvalue weighted by molar-refractivity contribution is 6.31. The molecular weight excluding hydrogens is 314 g/mol. The highest BCUT2D eigenvalue weighted by Crippen LogP contribution is 2.28. The van der Waals surface area contributed by atoms with Crippen molar-refractivity contribution in [2.45, 2.75) is 0 Å². The van der Waals surface area contributed by atoms with Crippen LogP contribution in [0.5, 0.6) is 0 Å². The van der Waals surface area contributed by atoms with Crippen LogP contribution in [0.4, 0.5) is 17.1 Å². The summed E-state index contributed by atoms with van der Waals surface area (Å²) in [4.78, 5) is 32.2. The number of carbonyl (C=O) groups is 1. The van der Waals surface area contributed by atoms with Crippen LogP contribution in [0.25, 0.3) is 0 Å². The number of amides is 1. The van der Waals surface area contributed by atoms with E-state index in [2.05, 4.69) is 5.32 Å². The van der Waals surface area contributed by atoms with Crippen molar-refractivity contribution in [3.05, 3.63) is 73.3 Å². The summed E-state index contributed by atoms with van der Waals surface area (Å²) in [7, 11) is 0. The summed E-state index contributed by atoms with van der Waals surface area (Å²) in [5.74, 6) is -0.625. The van der Waals surface area contributed by atoms with Gasteiger partial charge in [0.25, 0.3) is 17.3 Å². The van der Waals surface area contributed by atoms with Crippen molar-refractivity contribution in [1.82, 2.24) is 0 Å². The normalized spacial score (nSPS) is 10.0. The second-order valence-electron chi connectivity index (χ2n) is 4.18. The van der Waals surface area contributed by atoms with Gasteiger partial charge in [-0.25, -0.2) is 0 Å². The molecule has 2 aromatic carbocycles. The van der Waals surface area contributed by atoms with Gasteiger partial charge in [0.05, 0.1) is 9.85 Å². The maximum atomic E-state index is 12.0. The smallest absolute Gasteiger partial charge is 0.294 e. The lowest BCUT2D eigenvalue weighted by Crippen LogP contribution is -2.13. The minimum Gasteiger partial charge on any atom is -0.316 e. The van der Waals surface area contributed by atoms with Crippen molar-refractivity contribution in [2.24, 2.45) is 0 Å². The molecule has 0 aliphatic rings. The lowest BCUT2D eigenvalue weighted by Gasteiger charge is -2.06. The summed E-state index contributed by atoms with van der Waals surface area (Å²) >= 11 is 5.68. The SMILES string of the molecule is O=C(Nc1ccc(Cl)cc1[N+](=O)[O-])c1ccc([N+](=O)[O-])cc1. The summed E-state index contributed by atoms with van der Waals surface area (Å²) in [6, 6.07) is 8.69. The number of hydrogen-bond donors (Lipinski definition) is 1. The summed E-state index contributed by atoms with van der Waals surface area (Å²) in [5.41, 5.74) is -0.385. The van der Waals surface area contributed by atoms with Crippen LogP contribution < -0.4 is 5.32 Å². The van der Waals surface area contributed by atoms with Crippen LogP contribution in [-0.4, -0.2) is 15.8 Å². The number of nitrogens with zero attached hydrogens (tertiary/aromatic N) is 2. The molecule has 0 heterocycles. The van der Waals surface area contributed by atoms with Gasteiger partial charge in [-0.1, -0.05) is 11.6 Å². The summed E-state index contributed by atoms with van der Waals surface area (Å²) in [6.45, 7) is 0. The van der Waals surface area contributed by atoms with Crippen molar-refractivity contribution in [1.29, 1.82) is 0 Å². The van der Waals surface area contributed by atoms with Crippen LogP contribution >= 0.6 is 11.6 Å². The first kappa shape index (κ1) is 15.4. The van der Waals surface area contributed by atoms with E-state index in [4.69, 9.17) is 11.6 Å². The van der Waals surface area contributed by atoms with Gasteiger partial charge in [0, 0.05) is 28.8 Å². The average molecular weight is 322 g/mol. The number of anilines is 1. The zero-order valence-corrected chi connectivity index (χ0v) is 11.6. The van der Waals surface area contributed by atoms with Crippen LogP contribution in [0.15, 0.2) is 42.5 Å². The molecule has 0 bridgehead atoms. The largest absolute Gasteiger partial charge is 0.316 e. The number of benzene rings is 2. The van der Waals surface area contributed by atoms with Gasteiger partial charge in [0.2, 0.25) is 0 Å². The fraction of sp³-hybridized carbons (Fsp3) is 0. The topological polar surface area (TPSA) is 115 Å². The van der Waals surface area contributed by atoms with E-state index in [1.54, 1.807) is 0 Å². The lowest BCUT2D eigenvalue weighted by atomic mass is 10.2. The molecule has 0 unspecified atom stereocenters. The Morgan fingerprint density at radius 2 is 1.64 bits per heavy atom. The Hall–Kier alpha value is -3.00. The Kier molecular flexibility index (Phi) is 4.33. The van der Waals surface area contributed by atoms with Crippen LogP contribution in [0.2, 0.25) is 5.02 Å². The fourth-order valence-electron chi connectivity index (χ4n) is 1.69. The zero-order valence-electron chi connectivity index (χ0n) is 10.9. The Morgan fingerprint density at radius 3 is 2.18 bits per heavy atom. The van der Waals surface area contributed by atoms with Crippen molar-refractivity contribution in [2.75, 3.05) is 5.32 Å². The second kappa shape index (κ2) is 6.19. The number of rotatable bonds is 4. The first-order valence-electron chi connectivity index (χ1n) is 5.88. The maximum absolute atomic E-state index is 12.0. The van der Waals surface area contributed by atoms with E-state index in [-0.39, 0.29) is 27.6 Å². The number of nitro groups is 2. The van der Waals surface area contributed by atoms with Gasteiger partial charge in [-0.15, -0.1) is 0 Å². The Morgan fingerprint density at radius 1 is 1.00 bits per heavy atom. The molecule has 0 saturated carbocycles. The zero-order chi connectivity index (χ0) is 16.3. The quantitative estimate of drug-likeness (QED) is 0.684. The molecule has 8 nitrogen and oxygen atoms in total. The molecule has 2 aromatic rings. The summed E-state index contributed by atoms with van der Waals surface area (Å²) < 4.78 is 0. The van der Waals surface area contributed by atoms with E-state index in [1.165, 1.54) is 36.4 Å². The molecule has 0 aliphatic heterocycles. The van der Waals surface area contributed by atoms with E-state index < -0.39 is 15.8 Å². The van der Waals surface area contributed by atoms with Gasteiger partial charge in [-0.2, -0.15) is 0 Å². The third kappa shape index (κ3) is 3.36. The first-order chi connectivity index (χ1) is 10.4. The third-order valence-corrected chi connectivity index (χ3v) is 2.98. The molecule has 0 atom stereocenters. The summed E-state index contributed by atoms with van der Waals surface area (Å²) in [6.07, 6.45) is 0. The Labute approximate surface area is 128 Å². The second-order valence-corrected chi connectivity index (χ2v) is 4.61. The first-order valence-corrected chi connectivity index (χ1v) is 6.26. The fourth-order valence-corrected chi connectivity index (χ4v) is 1.86. The molecule has 2 rings (SSSR count). The molecule has 22 heavy (non-hydrogen) atoms. The molecule has 0 saturated heterocycles. The number of hydrogen-bond acceptors (Lipinski definition) is 5. The van der Waals surface area contributed by atoms with E-state index in [9.17, 15) is 25.0 Å². The number of halogens is 1. The van der Waals surface area contributed by atoms with Crippen molar-refractivity contribution in [3.63, 3.8) is 0 Å². The van der Waals surface area contributed by atoms with E-state index in [0.29, 0.717) is 0 Å². The predicted molar refractivity (Wildman–Crippen MR) is 79.2 cm³/mol. The highest BCUT2D eigenvalue weighted by Gasteiger charge is 2.17. The molecule has 0 aliphatic carbocycles. The molecule has 112 valence electrons. The molecule has 1 N–H and O–H groups in total. The van der Waals surface area contributed by atoms with Gasteiger partial charge >= 0.3 is 0 Å². The Bertz CT molecular complexity index is 761. The number of nitrogens with one attached hydrogen (secondary N) is 1. The van der Waals surface area contributed by atoms with Crippen molar-refractivity contribution >= 4 is 34.6 Å². The van der Waals surface area contributed by atoms with Gasteiger partial charge in [-0.05, 0) is 24.3 Å². The monoisotopic (exact) mass is 321 g/mol. The maximum Gasteiger partial charge on any atom is 0.294 e. The standard InChI is InChI=1S/C13H8ClN3O5/c14-9-3-6-11(12(7-9)17(21)22)15-13(18)8-1-4-10(5-2-8)16(19)20/h1-7H,(H,15,18). The molecule has 9 heteroatoms. The van der Waals surface area contributed by atoms with Gasteiger partial charge in [0.15, 0.2) is 0 Å². The average Bonchev–Trinajstić information content (AvgIpc) is 2.48. The summed E-state index contributed by atoms with van der Waals surface area (Å²) in [5, 5.41) is 24.0. The van der Waals surface area contributed by atoms with Crippen molar-refractivity contribution in [3.8, 4) is 0 Å². The van der Waals surface area contributed by atoms with Gasteiger partial charge < -0.3 is 5.32 Å². The van der Waals surface area contributed by atoms with Gasteiger partial charge in [0.1, 0.15) is 5.69 Å². The molecule has 0 aromatic heterocycles. The van der Waals surface area contributed by atoms with E-state index in [0.717, 1.165) is 6.07 Å². The number of non-ortho nitro benzene ring substituents is 1. The minimum absolute atomic E-state index is 0.0160. The van der Waals surface area contributed by atoms with E-state index >= 15 is 0 Å². The molecule has 1 amide bonds.